The summed E-state index contributed by atoms with van der Waals surface area (Å²) in [4.78, 5) is 12.1. The van der Waals surface area contributed by atoms with Crippen LogP contribution in [0.4, 0.5) is 0 Å². The van der Waals surface area contributed by atoms with Crippen molar-refractivity contribution in [3.63, 3.8) is 0 Å². The van der Waals surface area contributed by atoms with Gasteiger partial charge in [-0.05, 0) is 60.5 Å². The smallest absolute Gasteiger partial charge is 0.220 e. The van der Waals surface area contributed by atoms with Gasteiger partial charge in [0.2, 0.25) is 5.91 Å². The normalized spacial score (nSPS) is 21.3. The lowest BCUT2D eigenvalue weighted by Gasteiger charge is -2.19. The molecule has 0 saturated heterocycles. The Morgan fingerprint density at radius 1 is 1.32 bits per heavy atom. The lowest BCUT2D eigenvalue weighted by Crippen LogP contribution is -2.39. The molecule has 118 valence electrons. The molecule has 1 amide bonds. The second kappa shape index (κ2) is 7.25. The van der Waals surface area contributed by atoms with E-state index in [0.29, 0.717) is 24.9 Å². The van der Waals surface area contributed by atoms with Gasteiger partial charge in [0.25, 0.3) is 0 Å². The topological polar surface area (TPSA) is 55.1 Å². The summed E-state index contributed by atoms with van der Waals surface area (Å²) in [6, 6.07) is 8.79. The summed E-state index contributed by atoms with van der Waals surface area (Å²) in [5, 5.41) is 6.75. The fourth-order valence-electron chi connectivity index (χ4n) is 3.45. The highest BCUT2D eigenvalue weighted by atomic mass is 32.1. The van der Waals surface area contributed by atoms with Gasteiger partial charge in [0.1, 0.15) is 0 Å². The van der Waals surface area contributed by atoms with Gasteiger partial charge in [-0.2, -0.15) is 0 Å². The van der Waals surface area contributed by atoms with E-state index in [4.69, 9.17) is 5.73 Å². The van der Waals surface area contributed by atoms with E-state index in [1.807, 2.05) is 0 Å². The van der Waals surface area contributed by atoms with Gasteiger partial charge in [-0.1, -0.05) is 24.6 Å². The molecule has 1 heterocycles. The lowest BCUT2D eigenvalue weighted by atomic mass is 10.0. The number of hydrogen-bond acceptors (Lipinski definition) is 3. The predicted octanol–water partition coefficient (Wildman–Crippen LogP) is 3.47. The number of nitrogens with two attached hydrogens (primary N) is 1. The maximum absolute atomic E-state index is 12.1. The molecule has 22 heavy (non-hydrogen) atoms. The van der Waals surface area contributed by atoms with Gasteiger partial charge >= 0.3 is 0 Å². The minimum Gasteiger partial charge on any atom is -0.353 e. The van der Waals surface area contributed by atoms with E-state index in [-0.39, 0.29) is 5.91 Å². The fourth-order valence-corrected chi connectivity index (χ4v) is 4.45. The van der Waals surface area contributed by atoms with Gasteiger partial charge in [0.15, 0.2) is 0 Å². The van der Waals surface area contributed by atoms with Gasteiger partial charge in [-0.3, -0.25) is 4.79 Å². The highest BCUT2D eigenvalue weighted by Crippen LogP contribution is 2.27. The molecule has 3 nitrogen and oxygen atoms in total. The predicted molar refractivity (Wildman–Crippen MR) is 93.1 cm³/mol. The van der Waals surface area contributed by atoms with Crippen molar-refractivity contribution in [3.05, 3.63) is 35.2 Å². The Hall–Kier alpha value is -1.39. The second-order valence-electron chi connectivity index (χ2n) is 6.21. The third-order valence-electron chi connectivity index (χ3n) is 4.72. The van der Waals surface area contributed by atoms with Crippen LogP contribution in [0.1, 0.15) is 37.7 Å². The van der Waals surface area contributed by atoms with Gasteiger partial charge in [-0.25, -0.2) is 0 Å². The molecule has 1 aromatic heterocycles. The second-order valence-corrected chi connectivity index (χ2v) is 7.12. The molecule has 1 fully saturated rings. The molecule has 2 unspecified atom stereocenters. The Labute approximate surface area is 135 Å². The van der Waals surface area contributed by atoms with Crippen LogP contribution in [0.15, 0.2) is 29.6 Å². The zero-order valence-corrected chi connectivity index (χ0v) is 13.7. The molecule has 0 bridgehead atoms. The van der Waals surface area contributed by atoms with Crippen LogP contribution >= 0.6 is 11.3 Å². The Balaban J connectivity index is 1.47. The first kappa shape index (κ1) is 15.5. The Bertz CT molecular complexity index is 637. The van der Waals surface area contributed by atoms with Crippen LogP contribution < -0.4 is 11.1 Å². The molecule has 1 saturated carbocycles. The van der Waals surface area contributed by atoms with Crippen molar-refractivity contribution in [1.29, 1.82) is 0 Å². The first-order valence-electron chi connectivity index (χ1n) is 8.22. The zero-order chi connectivity index (χ0) is 15.4. The van der Waals surface area contributed by atoms with Crippen LogP contribution in [0.25, 0.3) is 10.1 Å². The van der Waals surface area contributed by atoms with Gasteiger partial charge in [0.05, 0.1) is 0 Å². The van der Waals surface area contributed by atoms with Crippen molar-refractivity contribution in [2.24, 2.45) is 11.7 Å². The van der Waals surface area contributed by atoms with Crippen molar-refractivity contribution in [3.8, 4) is 0 Å². The molecule has 1 aliphatic carbocycles. The summed E-state index contributed by atoms with van der Waals surface area (Å²) in [7, 11) is 0. The van der Waals surface area contributed by atoms with Gasteiger partial charge in [0, 0.05) is 17.2 Å². The number of benzene rings is 1. The van der Waals surface area contributed by atoms with Crippen LogP contribution in [0, 0.1) is 5.92 Å². The maximum Gasteiger partial charge on any atom is 0.220 e. The lowest BCUT2D eigenvalue weighted by molar-refractivity contribution is -0.122. The quantitative estimate of drug-likeness (QED) is 0.857. The molecular weight excluding hydrogens is 292 g/mol. The average Bonchev–Trinajstić information content (AvgIpc) is 3.14. The van der Waals surface area contributed by atoms with E-state index in [1.54, 1.807) is 11.3 Å². The Morgan fingerprint density at radius 2 is 2.18 bits per heavy atom. The highest BCUT2D eigenvalue weighted by Gasteiger charge is 2.26. The highest BCUT2D eigenvalue weighted by molar-refractivity contribution is 7.17. The monoisotopic (exact) mass is 316 g/mol. The summed E-state index contributed by atoms with van der Waals surface area (Å²) < 4.78 is 1.33. The molecule has 0 radical (unpaired) electrons. The Morgan fingerprint density at radius 3 is 3.05 bits per heavy atom. The van der Waals surface area contributed by atoms with E-state index in [0.717, 1.165) is 25.7 Å². The van der Waals surface area contributed by atoms with Crippen LogP contribution in [-0.2, 0) is 11.2 Å². The summed E-state index contributed by atoms with van der Waals surface area (Å²) in [6.07, 6.45) is 5.92. The number of aryl methyl sites for hydroxylation is 1. The van der Waals surface area contributed by atoms with Gasteiger partial charge < -0.3 is 11.1 Å². The van der Waals surface area contributed by atoms with Gasteiger partial charge in [-0.15, -0.1) is 11.3 Å². The van der Waals surface area contributed by atoms with E-state index >= 15 is 0 Å². The number of carbonyl (C=O) groups excluding carboxylic acids is 1. The zero-order valence-electron chi connectivity index (χ0n) is 12.9. The number of amides is 1. The Kier molecular flexibility index (Phi) is 5.11. The summed E-state index contributed by atoms with van der Waals surface area (Å²) in [5.74, 6) is 0.662. The van der Waals surface area contributed by atoms with Crippen molar-refractivity contribution in [2.75, 3.05) is 6.54 Å². The summed E-state index contributed by atoms with van der Waals surface area (Å²) >= 11 is 1.79. The standard InChI is InChI=1S/C18H24N2OS/c19-11-13-5-3-8-16(13)20-18(21)10-4-6-14-12-22-17-9-2-1-7-15(14)17/h1-2,7,9,12-13,16H,3-6,8,10-11,19H2,(H,20,21). The third-order valence-corrected chi connectivity index (χ3v) is 5.73. The first-order chi connectivity index (χ1) is 10.8. The summed E-state index contributed by atoms with van der Waals surface area (Å²) in [6.45, 7) is 0.686. The summed E-state index contributed by atoms with van der Waals surface area (Å²) in [5.41, 5.74) is 7.14. The SMILES string of the molecule is NCC1CCCC1NC(=O)CCCc1csc2ccccc12. The van der Waals surface area contributed by atoms with Crippen molar-refractivity contribution >= 4 is 27.3 Å². The average molecular weight is 316 g/mol. The number of hydrogen-bond donors (Lipinski definition) is 2. The van der Waals surface area contributed by atoms with Crippen molar-refractivity contribution in [2.45, 2.75) is 44.6 Å². The van der Waals surface area contributed by atoms with E-state index in [2.05, 4.69) is 35.0 Å². The number of nitrogens with one attached hydrogen (secondary N) is 1. The molecule has 2 aromatic rings. The van der Waals surface area contributed by atoms with E-state index in [1.165, 1.54) is 22.1 Å². The van der Waals surface area contributed by atoms with E-state index in [9.17, 15) is 4.79 Å². The van der Waals surface area contributed by atoms with Crippen LogP contribution in [-0.4, -0.2) is 18.5 Å². The molecule has 1 aromatic carbocycles. The number of thiophene rings is 1. The maximum atomic E-state index is 12.1. The number of rotatable bonds is 6. The molecule has 1 aliphatic rings. The largest absolute Gasteiger partial charge is 0.353 e. The third kappa shape index (κ3) is 3.50. The minimum absolute atomic E-state index is 0.185. The first-order valence-corrected chi connectivity index (χ1v) is 9.10. The molecular formula is C18H24N2OS. The number of carbonyl (C=O) groups is 1. The molecule has 0 spiro atoms. The fraction of sp³-hybridized carbons (Fsp3) is 0.500. The van der Waals surface area contributed by atoms with Crippen molar-refractivity contribution < 1.29 is 4.79 Å². The minimum atomic E-state index is 0.185. The van der Waals surface area contributed by atoms with E-state index < -0.39 is 0 Å². The molecule has 0 aliphatic heterocycles. The molecule has 3 N–H and O–H groups in total. The molecule has 4 heteroatoms. The van der Waals surface area contributed by atoms with Crippen LogP contribution in [0.5, 0.6) is 0 Å². The molecule has 2 atom stereocenters. The van der Waals surface area contributed by atoms with Crippen LogP contribution in [0.2, 0.25) is 0 Å². The van der Waals surface area contributed by atoms with Crippen molar-refractivity contribution in [1.82, 2.24) is 5.32 Å². The van der Waals surface area contributed by atoms with Crippen LogP contribution in [0.3, 0.4) is 0 Å². The molecule has 3 rings (SSSR count). The number of fused-ring (bicyclic) bond motifs is 1.